The van der Waals surface area contributed by atoms with Crippen LogP contribution < -0.4 is 10.5 Å². The van der Waals surface area contributed by atoms with Crippen LogP contribution in [0.25, 0.3) is 0 Å². The molecule has 0 aliphatic rings. The number of aromatic amines is 1. The molecule has 0 saturated carbocycles. The van der Waals surface area contributed by atoms with Gasteiger partial charge in [0, 0.05) is 37.5 Å². The highest BCUT2D eigenvalue weighted by atomic mass is 32.2. The van der Waals surface area contributed by atoms with Gasteiger partial charge in [0.05, 0.1) is 12.4 Å². The van der Waals surface area contributed by atoms with Crippen LogP contribution in [-0.2, 0) is 30.2 Å². The summed E-state index contributed by atoms with van der Waals surface area (Å²) < 4.78 is 28.0. The molecule has 0 aliphatic heterocycles. The van der Waals surface area contributed by atoms with E-state index in [0.29, 0.717) is 5.56 Å². The quantitative estimate of drug-likeness (QED) is 0.649. The number of nitrogens with one attached hydrogen (secondary N) is 2. The van der Waals surface area contributed by atoms with Crippen molar-refractivity contribution >= 4 is 10.0 Å². The minimum Gasteiger partial charge on any atom is -0.326 e. The van der Waals surface area contributed by atoms with Crippen LogP contribution in [0.4, 0.5) is 0 Å². The van der Waals surface area contributed by atoms with Crippen molar-refractivity contribution in [1.29, 1.82) is 0 Å². The maximum atomic E-state index is 12.0. The van der Waals surface area contributed by atoms with E-state index in [1.54, 1.807) is 24.1 Å². The molecular formula is C9H14N6O2S. The molecule has 0 atom stereocenters. The molecule has 18 heavy (non-hydrogen) atoms. The number of nitrogens with two attached hydrogens (primary N) is 1. The summed E-state index contributed by atoms with van der Waals surface area (Å²) >= 11 is 0. The van der Waals surface area contributed by atoms with Gasteiger partial charge in [-0.2, -0.15) is 10.2 Å². The Hall–Kier alpha value is -1.71. The smallest absolute Gasteiger partial charge is 0.258 e. The van der Waals surface area contributed by atoms with Crippen LogP contribution in [0.15, 0.2) is 23.6 Å². The predicted octanol–water partition coefficient (Wildman–Crippen LogP) is -0.920. The summed E-state index contributed by atoms with van der Waals surface area (Å²) in [5, 5.41) is 10.1. The Morgan fingerprint density at radius 3 is 2.89 bits per heavy atom. The Morgan fingerprint density at radius 1 is 1.50 bits per heavy atom. The van der Waals surface area contributed by atoms with E-state index in [4.69, 9.17) is 5.73 Å². The lowest BCUT2D eigenvalue weighted by molar-refractivity contribution is 0.575. The second-order valence-corrected chi connectivity index (χ2v) is 5.48. The first-order valence-electron chi connectivity index (χ1n) is 5.22. The van der Waals surface area contributed by atoms with Crippen LogP contribution in [-0.4, -0.2) is 28.4 Å². The summed E-state index contributed by atoms with van der Waals surface area (Å²) in [6, 6.07) is 0. The zero-order chi connectivity index (χ0) is 13.2. The summed E-state index contributed by atoms with van der Waals surface area (Å²) in [4.78, 5) is 0. The molecule has 2 aromatic rings. The molecule has 2 aromatic heterocycles. The lowest BCUT2D eigenvalue weighted by Gasteiger charge is -2.04. The molecule has 0 saturated heterocycles. The van der Waals surface area contributed by atoms with Gasteiger partial charge in [-0.15, -0.1) is 0 Å². The van der Waals surface area contributed by atoms with Crippen LogP contribution in [0.5, 0.6) is 0 Å². The summed E-state index contributed by atoms with van der Waals surface area (Å²) in [6.45, 7) is 0.277. The largest absolute Gasteiger partial charge is 0.326 e. The van der Waals surface area contributed by atoms with Crippen molar-refractivity contribution in [2.75, 3.05) is 0 Å². The maximum absolute atomic E-state index is 12.0. The Morgan fingerprint density at radius 2 is 2.28 bits per heavy atom. The minimum atomic E-state index is -3.63. The summed E-state index contributed by atoms with van der Waals surface area (Å²) in [5.74, 6) is 0. The minimum absolute atomic E-state index is 0.00823. The third-order valence-electron chi connectivity index (χ3n) is 2.39. The first-order valence-corrected chi connectivity index (χ1v) is 6.71. The van der Waals surface area contributed by atoms with Gasteiger partial charge in [-0.1, -0.05) is 0 Å². The van der Waals surface area contributed by atoms with Crippen molar-refractivity contribution in [3.8, 4) is 0 Å². The number of hydrogen-bond acceptors (Lipinski definition) is 5. The number of H-pyrrole nitrogens is 1. The van der Waals surface area contributed by atoms with E-state index in [1.165, 1.54) is 6.20 Å². The fourth-order valence-electron chi connectivity index (χ4n) is 1.49. The van der Waals surface area contributed by atoms with Crippen molar-refractivity contribution < 1.29 is 8.42 Å². The Bertz CT molecular complexity index is 629. The van der Waals surface area contributed by atoms with E-state index in [9.17, 15) is 8.42 Å². The van der Waals surface area contributed by atoms with E-state index < -0.39 is 10.0 Å². The first kappa shape index (κ1) is 12.7. The molecule has 2 rings (SSSR count). The van der Waals surface area contributed by atoms with Gasteiger partial charge in [0.2, 0.25) is 0 Å². The normalized spacial score (nSPS) is 11.9. The molecule has 0 spiro atoms. The number of nitrogens with zero attached hydrogens (tertiary/aromatic N) is 3. The number of hydrogen-bond donors (Lipinski definition) is 3. The summed E-state index contributed by atoms with van der Waals surface area (Å²) in [6.07, 6.45) is 4.73. The molecule has 98 valence electrons. The first-order chi connectivity index (χ1) is 8.53. The van der Waals surface area contributed by atoms with Gasteiger partial charge in [0.25, 0.3) is 10.0 Å². The lowest BCUT2D eigenvalue weighted by Crippen LogP contribution is -2.24. The lowest BCUT2D eigenvalue weighted by atomic mass is 10.4. The monoisotopic (exact) mass is 270 g/mol. The van der Waals surface area contributed by atoms with E-state index in [0.717, 1.165) is 5.56 Å². The number of rotatable bonds is 5. The van der Waals surface area contributed by atoms with Crippen LogP contribution in [0.3, 0.4) is 0 Å². The van der Waals surface area contributed by atoms with Crippen molar-refractivity contribution in [1.82, 2.24) is 24.7 Å². The standard InChI is InChI=1S/C9H14N6O2S/c1-15-6-7(3-12-15)4-13-18(16,17)9-8(2-10)5-11-14-9/h3,5-6,13H,2,4,10H2,1H3,(H,11,14). The molecule has 0 aromatic carbocycles. The Balaban J connectivity index is 2.13. The topological polar surface area (TPSA) is 119 Å². The number of sulfonamides is 1. The van der Waals surface area contributed by atoms with Crippen LogP contribution in [0.1, 0.15) is 11.1 Å². The van der Waals surface area contributed by atoms with Crippen LogP contribution in [0, 0.1) is 0 Å². The maximum Gasteiger partial charge on any atom is 0.258 e. The van der Waals surface area contributed by atoms with Gasteiger partial charge < -0.3 is 5.73 Å². The summed E-state index contributed by atoms with van der Waals surface area (Å²) in [7, 11) is -1.87. The number of aryl methyl sites for hydroxylation is 1. The molecule has 9 heteroatoms. The van der Waals surface area contributed by atoms with Crippen molar-refractivity contribution in [2.45, 2.75) is 18.1 Å². The van der Waals surface area contributed by atoms with E-state index in [1.807, 2.05) is 0 Å². The Kier molecular flexibility index (Phi) is 3.45. The fraction of sp³-hybridized carbons (Fsp3) is 0.333. The highest BCUT2D eigenvalue weighted by Crippen LogP contribution is 2.11. The van der Waals surface area contributed by atoms with E-state index in [-0.39, 0.29) is 18.1 Å². The molecule has 4 N–H and O–H groups in total. The molecular weight excluding hydrogens is 256 g/mol. The molecule has 0 bridgehead atoms. The van der Waals surface area contributed by atoms with Gasteiger partial charge in [-0.25, -0.2) is 13.1 Å². The van der Waals surface area contributed by atoms with E-state index in [2.05, 4.69) is 20.0 Å². The number of aromatic nitrogens is 4. The predicted molar refractivity (Wildman–Crippen MR) is 63.7 cm³/mol. The van der Waals surface area contributed by atoms with Crippen molar-refractivity contribution in [3.63, 3.8) is 0 Å². The fourth-order valence-corrected chi connectivity index (χ4v) is 2.65. The van der Waals surface area contributed by atoms with E-state index >= 15 is 0 Å². The third-order valence-corrected chi connectivity index (χ3v) is 3.81. The van der Waals surface area contributed by atoms with Gasteiger partial charge in [0.1, 0.15) is 0 Å². The molecule has 0 unspecified atom stereocenters. The summed E-state index contributed by atoms with van der Waals surface area (Å²) in [5.41, 5.74) is 6.66. The second kappa shape index (κ2) is 4.88. The second-order valence-electron chi connectivity index (χ2n) is 3.78. The zero-order valence-corrected chi connectivity index (χ0v) is 10.6. The molecule has 0 aliphatic carbocycles. The third kappa shape index (κ3) is 2.58. The van der Waals surface area contributed by atoms with Crippen molar-refractivity contribution in [2.24, 2.45) is 12.8 Å². The van der Waals surface area contributed by atoms with Crippen LogP contribution in [0.2, 0.25) is 0 Å². The van der Waals surface area contributed by atoms with Gasteiger partial charge >= 0.3 is 0 Å². The SMILES string of the molecule is Cn1cc(CNS(=O)(=O)c2[nH]ncc2CN)cn1. The highest BCUT2D eigenvalue weighted by molar-refractivity contribution is 7.89. The van der Waals surface area contributed by atoms with Crippen molar-refractivity contribution in [3.05, 3.63) is 29.7 Å². The van der Waals surface area contributed by atoms with Gasteiger partial charge in [0.15, 0.2) is 5.03 Å². The zero-order valence-electron chi connectivity index (χ0n) is 9.79. The molecule has 0 amide bonds. The van der Waals surface area contributed by atoms with Gasteiger partial charge in [-0.05, 0) is 0 Å². The average Bonchev–Trinajstić information content (AvgIpc) is 2.95. The van der Waals surface area contributed by atoms with Crippen LogP contribution >= 0.6 is 0 Å². The molecule has 0 radical (unpaired) electrons. The molecule has 2 heterocycles. The highest BCUT2D eigenvalue weighted by Gasteiger charge is 2.19. The average molecular weight is 270 g/mol. The molecule has 0 fully saturated rings. The van der Waals surface area contributed by atoms with Gasteiger partial charge in [-0.3, -0.25) is 9.78 Å². The molecule has 8 nitrogen and oxygen atoms in total. The Labute approximate surface area is 104 Å².